The summed E-state index contributed by atoms with van der Waals surface area (Å²) in [6.07, 6.45) is 6.12. The molecule has 1 saturated carbocycles. The molecule has 0 spiro atoms. The molecule has 22 heavy (non-hydrogen) atoms. The highest BCUT2D eigenvalue weighted by Crippen LogP contribution is 2.24. The van der Waals surface area contributed by atoms with E-state index in [0.29, 0.717) is 11.6 Å². The first kappa shape index (κ1) is 14.8. The van der Waals surface area contributed by atoms with Crippen molar-refractivity contribution >= 4 is 16.9 Å². The number of fused-ring (bicyclic) bond motifs is 1. The van der Waals surface area contributed by atoms with Crippen LogP contribution in [0.4, 0.5) is 0 Å². The van der Waals surface area contributed by atoms with Gasteiger partial charge in [-0.05, 0) is 37.0 Å². The molecule has 2 aromatic rings. The summed E-state index contributed by atoms with van der Waals surface area (Å²) in [5.41, 5.74) is 0.489. The van der Waals surface area contributed by atoms with Gasteiger partial charge in [0.2, 0.25) is 0 Å². The van der Waals surface area contributed by atoms with Crippen molar-refractivity contribution in [2.45, 2.75) is 38.6 Å². The lowest BCUT2D eigenvalue weighted by Gasteiger charge is -2.29. The molecule has 0 aliphatic heterocycles. The van der Waals surface area contributed by atoms with Gasteiger partial charge in [0.1, 0.15) is 11.2 Å². The van der Waals surface area contributed by atoms with E-state index < -0.39 is 0 Å². The van der Waals surface area contributed by atoms with E-state index in [-0.39, 0.29) is 23.1 Å². The molecule has 0 saturated heterocycles. The Morgan fingerprint density at radius 2 is 2.14 bits per heavy atom. The molecule has 5 nitrogen and oxygen atoms in total. The highest BCUT2D eigenvalue weighted by atomic mass is 16.2. The molecular formula is C17H21N3O2. The Balaban J connectivity index is 1.94. The van der Waals surface area contributed by atoms with Crippen LogP contribution in [0.1, 0.15) is 43.0 Å². The average molecular weight is 299 g/mol. The van der Waals surface area contributed by atoms with E-state index in [2.05, 4.69) is 17.2 Å². The van der Waals surface area contributed by atoms with Crippen molar-refractivity contribution in [2.24, 2.45) is 13.0 Å². The van der Waals surface area contributed by atoms with Gasteiger partial charge in [-0.1, -0.05) is 19.8 Å². The Morgan fingerprint density at radius 3 is 2.91 bits per heavy atom. The maximum Gasteiger partial charge on any atom is 0.264 e. The zero-order valence-electron chi connectivity index (χ0n) is 13.0. The zero-order chi connectivity index (χ0) is 15.7. The second-order valence-electron chi connectivity index (χ2n) is 6.18. The van der Waals surface area contributed by atoms with Gasteiger partial charge in [0.15, 0.2) is 0 Å². The second kappa shape index (κ2) is 5.91. The lowest BCUT2D eigenvalue weighted by Crippen LogP contribution is -2.43. The Labute approximate surface area is 129 Å². The van der Waals surface area contributed by atoms with Crippen molar-refractivity contribution < 1.29 is 4.79 Å². The molecule has 1 N–H and O–H groups in total. The molecule has 1 aliphatic rings. The van der Waals surface area contributed by atoms with Crippen molar-refractivity contribution in [1.29, 1.82) is 0 Å². The van der Waals surface area contributed by atoms with Crippen molar-refractivity contribution in [3.05, 3.63) is 40.3 Å². The van der Waals surface area contributed by atoms with E-state index in [1.807, 2.05) is 6.07 Å². The van der Waals surface area contributed by atoms with Crippen LogP contribution in [0.15, 0.2) is 29.2 Å². The van der Waals surface area contributed by atoms with Gasteiger partial charge in [0.05, 0.1) is 0 Å². The van der Waals surface area contributed by atoms with Gasteiger partial charge < -0.3 is 5.32 Å². The minimum atomic E-state index is -0.299. The first-order valence-electron chi connectivity index (χ1n) is 7.83. The Morgan fingerprint density at radius 1 is 1.36 bits per heavy atom. The third-order valence-electron chi connectivity index (χ3n) is 4.64. The minimum absolute atomic E-state index is 0.163. The fraction of sp³-hybridized carbons (Fsp3) is 0.471. The monoisotopic (exact) mass is 299 g/mol. The molecule has 3 rings (SSSR count). The highest BCUT2D eigenvalue weighted by Gasteiger charge is 2.24. The van der Waals surface area contributed by atoms with Crippen LogP contribution in [0.3, 0.4) is 0 Å². The number of aryl methyl sites for hydroxylation is 1. The molecule has 5 heteroatoms. The van der Waals surface area contributed by atoms with Crippen molar-refractivity contribution in [3.8, 4) is 0 Å². The van der Waals surface area contributed by atoms with Gasteiger partial charge in [0.25, 0.3) is 11.5 Å². The number of aromatic nitrogens is 2. The SMILES string of the molecule is C[C@H]1CCCC[C@@H]1NC(=O)c1cc2cccnc2n(C)c1=O. The molecule has 0 unspecified atom stereocenters. The van der Waals surface area contributed by atoms with E-state index in [9.17, 15) is 9.59 Å². The normalized spacial score (nSPS) is 21.7. The van der Waals surface area contributed by atoms with E-state index in [1.54, 1.807) is 25.4 Å². The predicted molar refractivity (Wildman–Crippen MR) is 85.9 cm³/mol. The van der Waals surface area contributed by atoms with Crippen LogP contribution < -0.4 is 10.9 Å². The maximum absolute atomic E-state index is 12.5. The van der Waals surface area contributed by atoms with Crippen LogP contribution in [0.25, 0.3) is 11.0 Å². The number of carbonyl (C=O) groups excluding carboxylic acids is 1. The van der Waals surface area contributed by atoms with E-state index in [4.69, 9.17) is 0 Å². The average Bonchev–Trinajstić information content (AvgIpc) is 2.53. The summed E-state index contributed by atoms with van der Waals surface area (Å²) in [5.74, 6) is 0.189. The van der Waals surface area contributed by atoms with Gasteiger partial charge in [-0.25, -0.2) is 4.98 Å². The number of pyridine rings is 2. The Kier molecular flexibility index (Phi) is 3.96. The number of nitrogens with one attached hydrogen (secondary N) is 1. The number of hydrogen-bond donors (Lipinski definition) is 1. The highest BCUT2D eigenvalue weighted by molar-refractivity contribution is 5.97. The van der Waals surface area contributed by atoms with Crippen LogP contribution >= 0.6 is 0 Å². The number of amides is 1. The summed E-state index contributed by atoms with van der Waals surface area (Å²) < 4.78 is 1.44. The lowest BCUT2D eigenvalue weighted by molar-refractivity contribution is 0.0908. The largest absolute Gasteiger partial charge is 0.349 e. The molecule has 2 heterocycles. The van der Waals surface area contributed by atoms with Crippen molar-refractivity contribution in [1.82, 2.24) is 14.9 Å². The summed E-state index contributed by atoms with van der Waals surface area (Å²) in [4.78, 5) is 29.1. The van der Waals surface area contributed by atoms with Gasteiger partial charge in [0, 0.05) is 24.7 Å². The number of carbonyl (C=O) groups is 1. The van der Waals surface area contributed by atoms with Gasteiger partial charge in [-0.2, -0.15) is 0 Å². The summed E-state index contributed by atoms with van der Waals surface area (Å²) >= 11 is 0. The first-order chi connectivity index (χ1) is 10.6. The third-order valence-corrected chi connectivity index (χ3v) is 4.64. The maximum atomic E-state index is 12.5. The Bertz CT molecular complexity index is 766. The van der Waals surface area contributed by atoms with Crippen LogP contribution in [0, 0.1) is 5.92 Å². The summed E-state index contributed by atoms with van der Waals surface area (Å²) in [6.45, 7) is 2.16. The molecular weight excluding hydrogens is 278 g/mol. The van der Waals surface area contributed by atoms with Crippen LogP contribution in [-0.2, 0) is 7.05 Å². The number of nitrogens with zero attached hydrogens (tertiary/aromatic N) is 2. The summed E-state index contributed by atoms with van der Waals surface area (Å²) in [6, 6.07) is 5.48. The molecule has 2 atom stereocenters. The summed E-state index contributed by atoms with van der Waals surface area (Å²) in [5, 5.41) is 3.84. The van der Waals surface area contributed by atoms with E-state index in [1.165, 1.54) is 11.0 Å². The van der Waals surface area contributed by atoms with Gasteiger partial charge >= 0.3 is 0 Å². The van der Waals surface area contributed by atoms with Crippen LogP contribution in [0.2, 0.25) is 0 Å². The molecule has 0 radical (unpaired) electrons. The quantitative estimate of drug-likeness (QED) is 0.925. The molecule has 0 bridgehead atoms. The topological polar surface area (TPSA) is 64.0 Å². The van der Waals surface area contributed by atoms with Crippen LogP contribution in [-0.4, -0.2) is 21.5 Å². The predicted octanol–water partition coefficient (Wildman–Crippen LogP) is 2.24. The second-order valence-corrected chi connectivity index (χ2v) is 6.18. The molecule has 0 aromatic carbocycles. The fourth-order valence-corrected chi connectivity index (χ4v) is 3.24. The van der Waals surface area contributed by atoms with Crippen molar-refractivity contribution in [2.75, 3.05) is 0 Å². The Hall–Kier alpha value is -2.17. The van der Waals surface area contributed by atoms with E-state index in [0.717, 1.165) is 24.6 Å². The molecule has 1 aliphatic carbocycles. The molecule has 2 aromatic heterocycles. The zero-order valence-corrected chi connectivity index (χ0v) is 13.0. The van der Waals surface area contributed by atoms with Gasteiger partial charge in [-0.15, -0.1) is 0 Å². The van der Waals surface area contributed by atoms with Crippen molar-refractivity contribution in [3.63, 3.8) is 0 Å². The third kappa shape index (κ3) is 2.63. The minimum Gasteiger partial charge on any atom is -0.349 e. The first-order valence-corrected chi connectivity index (χ1v) is 7.83. The fourth-order valence-electron chi connectivity index (χ4n) is 3.24. The molecule has 1 amide bonds. The molecule has 116 valence electrons. The summed E-state index contributed by atoms with van der Waals surface area (Å²) in [7, 11) is 1.65. The smallest absolute Gasteiger partial charge is 0.264 e. The molecule has 1 fully saturated rings. The standard InChI is InChI=1S/C17H21N3O2/c1-11-6-3-4-8-14(11)19-16(21)13-10-12-7-5-9-18-15(12)20(2)17(13)22/h5,7,9-11,14H,3-4,6,8H2,1-2H3,(H,19,21)/t11-,14-/m0/s1. The van der Waals surface area contributed by atoms with Gasteiger partial charge in [-0.3, -0.25) is 14.2 Å². The number of rotatable bonds is 2. The lowest BCUT2D eigenvalue weighted by atomic mass is 9.86. The van der Waals surface area contributed by atoms with E-state index >= 15 is 0 Å². The number of hydrogen-bond acceptors (Lipinski definition) is 3. The van der Waals surface area contributed by atoms with Crippen LogP contribution in [0.5, 0.6) is 0 Å².